The Morgan fingerprint density at radius 2 is 2.00 bits per heavy atom. The third-order valence-electron chi connectivity index (χ3n) is 10.4. The van der Waals surface area contributed by atoms with Gasteiger partial charge in [-0.3, -0.25) is 24.3 Å². The summed E-state index contributed by atoms with van der Waals surface area (Å²) >= 11 is 7.04. The Morgan fingerprint density at radius 3 is 2.72 bits per heavy atom. The van der Waals surface area contributed by atoms with Crippen LogP contribution in [0.3, 0.4) is 0 Å². The summed E-state index contributed by atoms with van der Waals surface area (Å²) in [5.74, 6) is -1.01. The van der Waals surface area contributed by atoms with Gasteiger partial charge in [-0.05, 0) is 73.6 Å². The molecule has 2 aromatic carbocycles. The Bertz CT molecular complexity index is 1900. The number of methoxy groups -OCH3 is 1. The maximum atomic E-state index is 15.7. The Morgan fingerprint density at radius 1 is 1.22 bits per heavy atom. The minimum Gasteiger partial charge on any atom is -0.481 e. The molecule has 3 N–H and O–H groups in total. The molecule has 0 bridgehead atoms. The van der Waals surface area contributed by atoms with Crippen molar-refractivity contribution < 1.29 is 23.5 Å². The summed E-state index contributed by atoms with van der Waals surface area (Å²) in [6, 6.07) is 10.3. The van der Waals surface area contributed by atoms with Gasteiger partial charge in [0.15, 0.2) is 0 Å². The molecule has 3 amide bonds. The molecule has 1 aromatic heterocycles. The molecule has 264 valence electrons. The van der Waals surface area contributed by atoms with Crippen LogP contribution >= 0.6 is 11.6 Å². The van der Waals surface area contributed by atoms with Gasteiger partial charge in [-0.2, -0.15) is 0 Å². The van der Waals surface area contributed by atoms with Crippen LogP contribution in [0.15, 0.2) is 48.0 Å². The Balaban J connectivity index is 1.30. The number of aryl methyl sites for hydroxylation is 1. The number of halogens is 2. The highest BCUT2D eigenvalue weighted by atomic mass is 35.5. The first-order chi connectivity index (χ1) is 23.9. The standard InChI is InChI=1S/C38H44ClFN6O4/c1-7-38(44-34(47)21(2)3)16-18-46(20-38)30-14-11-23-19-29(43-36(50-6)31(23)30)25-12-13-27(40)32(33(25)39)24-9-8-10-28(22(24)4)42-35(48)26-15-17-41-45(5)37(26)49/h8-10,12-13,15,19,21,30,41H,7,11,14,16-18,20H2,1-6H3,(H,42,48)(H,44,47). The van der Waals surface area contributed by atoms with Crippen LogP contribution in [0.1, 0.15) is 62.8 Å². The van der Waals surface area contributed by atoms with Crippen LogP contribution in [0.25, 0.3) is 22.4 Å². The topological polar surface area (TPSA) is 116 Å². The second kappa shape index (κ2) is 14.1. The third-order valence-corrected chi connectivity index (χ3v) is 10.8. The number of hydrogen-bond donors (Lipinski definition) is 3. The molecule has 3 aliphatic rings. The van der Waals surface area contributed by atoms with Crippen molar-refractivity contribution in [2.24, 2.45) is 5.92 Å². The van der Waals surface area contributed by atoms with Crippen molar-refractivity contribution in [3.05, 3.63) is 75.6 Å². The molecule has 1 aliphatic carbocycles. The van der Waals surface area contributed by atoms with Gasteiger partial charge in [-0.25, -0.2) is 14.8 Å². The van der Waals surface area contributed by atoms with Crippen molar-refractivity contribution in [1.29, 1.82) is 0 Å². The molecule has 0 radical (unpaired) electrons. The molecule has 12 heteroatoms. The molecule has 1 saturated heterocycles. The second-order valence-electron chi connectivity index (χ2n) is 13.7. The van der Waals surface area contributed by atoms with Gasteiger partial charge in [0.1, 0.15) is 11.4 Å². The van der Waals surface area contributed by atoms with Crippen molar-refractivity contribution >= 4 is 35.0 Å². The van der Waals surface area contributed by atoms with Gasteiger partial charge in [0, 0.05) is 61.0 Å². The number of hydrazine groups is 1. The summed E-state index contributed by atoms with van der Waals surface area (Å²) in [5.41, 5.74) is 7.59. The molecule has 0 spiro atoms. The highest BCUT2D eigenvalue weighted by molar-refractivity contribution is 6.36. The number of nitrogens with zero attached hydrogens (tertiary/aromatic N) is 3. The first kappa shape index (κ1) is 35.5. The number of benzene rings is 2. The zero-order valence-corrected chi connectivity index (χ0v) is 30.1. The van der Waals surface area contributed by atoms with Crippen molar-refractivity contribution in [3.63, 3.8) is 0 Å². The number of anilines is 1. The predicted octanol–water partition coefficient (Wildman–Crippen LogP) is 5.98. The van der Waals surface area contributed by atoms with Crippen molar-refractivity contribution in [2.45, 2.75) is 65.0 Å². The maximum absolute atomic E-state index is 15.7. The molecule has 1 fully saturated rings. The van der Waals surface area contributed by atoms with E-state index in [1.807, 2.05) is 19.9 Å². The average Bonchev–Trinajstić information content (AvgIpc) is 3.72. The van der Waals surface area contributed by atoms with E-state index in [4.69, 9.17) is 21.3 Å². The third kappa shape index (κ3) is 6.50. The lowest BCUT2D eigenvalue weighted by molar-refractivity contribution is -0.131. The van der Waals surface area contributed by atoms with Crippen molar-refractivity contribution in [2.75, 3.05) is 39.1 Å². The fourth-order valence-electron chi connectivity index (χ4n) is 7.34. The molecule has 2 unspecified atom stereocenters. The molecule has 3 heterocycles. The van der Waals surface area contributed by atoms with Gasteiger partial charge in [-0.15, -0.1) is 0 Å². The summed E-state index contributed by atoms with van der Waals surface area (Å²) in [4.78, 5) is 45.6. The monoisotopic (exact) mass is 702 g/mol. The number of likely N-dealkylation sites (N-methyl/N-ethyl adjacent to an activating group) is 1. The molecular weight excluding hydrogens is 659 g/mol. The number of carbonyl (C=O) groups is 3. The number of rotatable bonds is 9. The highest BCUT2D eigenvalue weighted by Gasteiger charge is 2.43. The molecule has 2 aliphatic heterocycles. The first-order valence-corrected chi connectivity index (χ1v) is 17.5. The van der Waals surface area contributed by atoms with E-state index in [9.17, 15) is 14.4 Å². The Labute approximate surface area is 297 Å². The van der Waals surface area contributed by atoms with E-state index in [1.165, 1.54) is 17.2 Å². The number of aromatic nitrogens is 1. The smallest absolute Gasteiger partial charge is 0.273 e. The molecule has 0 saturated carbocycles. The first-order valence-electron chi connectivity index (χ1n) is 17.1. The lowest BCUT2D eigenvalue weighted by Crippen LogP contribution is -2.51. The average molecular weight is 703 g/mol. The molecular formula is C38H44ClFN6O4. The van der Waals surface area contributed by atoms with Gasteiger partial charge in [0.25, 0.3) is 11.8 Å². The Kier molecular flexibility index (Phi) is 10.0. The van der Waals surface area contributed by atoms with Crippen LogP contribution in [0.4, 0.5) is 10.1 Å². The van der Waals surface area contributed by atoms with E-state index in [-0.39, 0.29) is 39.6 Å². The number of ether oxygens (including phenoxy) is 1. The SMILES string of the molecule is CCC1(NC(=O)C(C)C)CCN(C2CCc3cc(-c4ccc(F)c(-c5cccc(NC(=O)C6=CCNN(C)C6=O)c5C)c4Cl)nc(OC)c32)C1. The number of nitrogens with one attached hydrogen (secondary N) is 3. The molecule has 3 aromatic rings. The maximum Gasteiger partial charge on any atom is 0.273 e. The lowest BCUT2D eigenvalue weighted by Gasteiger charge is -2.32. The van der Waals surface area contributed by atoms with Crippen LogP contribution in [0.5, 0.6) is 5.88 Å². The predicted molar refractivity (Wildman–Crippen MR) is 192 cm³/mol. The lowest BCUT2D eigenvalue weighted by atomic mass is 9.94. The summed E-state index contributed by atoms with van der Waals surface area (Å²) in [5, 5.41) is 7.60. The van der Waals surface area contributed by atoms with Gasteiger partial charge in [-0.1, -0.05) is 50.6 Å². The highest BCUT2D eigenvalue weighted by Crippen LogP contribution is 2.47. The van der Waals surface area contributed by atoms with Gasteiger partial charge >= 0.3 is 0 Å². The van der Waals surface area contributed by atoms with E-state index in [2.05, 4.69) is 27.9 Å². The van der Waals surface area contributed by atoms with E-state index in [0.717, 1.165) is 49.9 Å². The van der Waals surface area contributed by atoms with Gasteiger partial charge in [0.2, 0.25) is 11.8 Å². The molecule has 6 rings (SSSR count). The number of amides is 3. The number of likely N-dealkylation sites (tertiary alicyclic amines) is 1. The minimum atomic E-state index is -0.550. The number of pyridine rings is 1. The summed E-state index contributed by atoms with van der Waals surface area (Å²) in [6.45, 7) is 9.69. The van der Waals surface area contributed by atoms with Gasteiger partial charge < -0.3 is 15.4 Å². The van der Waals surface area contributed by atoms with Crippen LogP contribution in [-0.4, -0.2) is 71.9 Å². The van der Waals surface area contributed by atoms with Crippen LogP contribution in [-0.2, 0) is 20.8 Å². The summed E-state index contributed by atoms with van der Waals surface area (Å²) in [7, 11) is 3.16. The number of fused-ring (bicyclic) bond motifs is 1. The fourth-order valence-corrected chi connectivity index (χ4v) is 7.69. The zero-order valence-electron chi connectivity index (χ0n) is 29.4. The van der Waals surface area contributed by atoms with E-state index in [1.54, 1.807) is 45.3 Å². The van der Waals surface area contributed by atoms with Crippen LogP contribution < -0.4 is 20.8 Å². The van der Waals surface area contributed by atoms with Gasteiger partial charge in [0.05, 0.1) is 23.4 Å². The van der Waals surface area contributed by atoms with E-state index < -0.39 is 17.6 Å². The van der Waals surface area contributed by atoms with Crippen LogP contribution in [0.2, 0.25) is 5.02 Å². The summed E-state index contributed by atoms with van der Waals surface area (Å²) in [6.07, 6.45) is 4.98. The second-order valence-corrected chi connectivity index (χ2v) is 14.1. The molecule has 2 atom stereocenters. The fraction of sp³-hybridized carbons (Fsp3) is 0.421. The van der Waals surface area contributed by atoms with E-state index in [0.29, 0.717) is 40.5 Å². The van der Waals surface area contributed by atoms with Crippen LogP contribution in [0, 0.1) is 18.7 Å². The number of carbonyl (C=O) groups excluding carboxylic acids is 3. The largest absolute Gasteiger partial charge is 0.481 e. The summed E-state index contributed by atoms with van der Waals surface area (Å²) < 4.78 is 21.6. The molecule has 10 nitrogen and oxygen atoms in total. The van der Waals surface area contributed by atoms with E-state index >= 15 is 4.39 Å². The zero-order chi connectivity index (χ0) is 35.9. The quantitative estimate of drug-likeness (QED) is 0.235. The van der Waals surface area contributed by atoms with Crippen molar-refractivity contribution in [3.8, 4) is 28.3 Å². The molecule has 50 heavy (non-hydrogen) atoms. The normalized spacial score (nSPS) is 20.6. The van der Waals surface area contributed by atoms with Crippen molar-refractivity contribution in [1.82, 2.24) is 25.6 Å². The Hall–Kier alpha value is -4.32. The minimum absolute atomic E-state index is 0.0217. The number of hydrogen-bond acceptors (Lipinski definition) is 7.